The summed E-state index contributed by atoms with van der Waals surface area (Å²) in [4.78, 5) is 2.98. The van der Waals surface area contributed by atoms with Crippen molar-refractivity contribution in [2.24, 2.45) is 11.7 Å². The largest absolute Gasteiger partial charge is 0.392 e. The minimum Gasteiger partial charge on any atom is -0.392 e. The van der Waals surface area contributed by atoms with Gasteiger partial charge in [0, 0.05) is 13.1 Å². The van der Waals surface area contributed by atoms with Gasteiger partial charge >= 0.3 is 0 Å². The summed E-state index contributed by atoms with van der Waals surface area (Å²) in [7, 11) is 0. The van der Waals surface area contributed by atoms with Crippen molar-refractivity contribution in [1.82, 2.24) is 4.90 Å². The lowest BCUT2D eigenvalue weighted by atomic mass is 10.1. The molecule has 2 nitrogen and oxygen atoms in total. The molecule has 1 unspecified atom stereocenters. The predicted octanol–water partition coefficient (Wildman–Crippen LogP) is 2.42. The van der Waals surface area contributed by atoms with Crippen molar-refractivity contribution >= 4 is 17.2 Å². The number of nitrogens with zero attached hydrogens (tertiary/aromatic N) is 1. The van der Waals surface area contributed by atoms with E-state index in [1.807, 2.05) is 0 Å². The van der Waals surface area contributed by atoms with E-state index in [-0.39, 0.29) is 0 Å². The van der Waals surface area contributed by atoms with Gasteiger partial charge in [0.1, 0.15) is 0 Å². The van der Waals surface area contributed by atoms with Crippen LogP contribution in [0.5, 0.6) is 0 Å². The van der Waals surface area contributed by atoms with Gasteiger partial charge in [-0.15, -0.1) is 0 Å². The second-order valence-electron chi connectivity index (χ2n) is 4.10. The van der Waals surface area contributed by atoms with Crippen LogP contribution in [0.2, 0.25) is 0 Å². The highest BCUT2D eigenvalue weighted by Gasteiger charge is 2.09. The Labute approximate surface area is 93.8 Å². The van der Waals surface area contributed by atoms with Gasteiger partial charge in [0.05, 0.1) is 4.99 Å². The van der Waals surface area contributed by atoms with E-state index in [9.17, 15) is 0 Å². The average molecular weight is 216 g/mol. The molecule has 0 heterocycles. The molecule has 0 aromatic rings. The van der Waals surface area contributed by atoms with Crippen molar-refractivity contribution in [3.63, 3.8) is 0 Å². The van der Waals surface area contributed by atoms with Crippen molar-refractivity contribution in [3.8, 4) is 0 Å². The van der Waals surface area contributed by atoms with E-state index in [2.05, 4.69) is 25.7 Å². The van der Waals surface area contributed by atoms with Crippen LogP contribution >= 0.6 is 12.2 Å². The lowest BCUT2D eigenvalue weighted by Crippen LogP contribution is -2.36. The maximum Gasteiger partial charge on any atom is 0.0870 e. The van der Waals surface area contributed by atoms with E-state index in [4.69, 9.17) is 18.0 Å². The lowest BCUT2D eigenvalue weighted by Gasteiger charge is -2.24. The fourth-order valence-corrected chi connectivity index (χ4v) is 1.98. The van der Waals surface area contributed by atoms with Crippen molar-refractivity contribution in [2.75, 3.05) is 19.6 Å². The highest BCUT2D eigenvalue weighted by Crippen LogP contribution is 2.07. The molecule has 1 atom stereocenters. The number of rotatable bonds is 8. The van der Waals surface area contributed by atoms with Crippen LogP contribution in [0.4, 0.5) is 0 Å². The van der Waals surface area contributed by atoms with Gasteiger partial charge in [-0.3, -0.25) is 4.90 Å². The third-order valence-corrected chi connectivity index (χ3v) is 2.40. The van der Waals surface area contributed by atoms with Gasteiger partial charge < -0.3 is 5.73 Å². The lowest BCUT2D eigenvalue weighted by molar-refractivity contribution is 0.260. The normalized spacial score (nSPS) is 13.1. The second kappa shape index (κ2) is 8.18. The first-order valence-corrected chi connectivity index (χ1v) is 6.01. The Morgan fingerprint density at radius 1 is 1.36 bits per heavy atom. The smallest absolute Gasteiger partial charge is 0.0870 e. The number of hydrogen-bond donors (Lipinski definition) is 1. The van der Waals surface area contributed by atoms with Gasteiger partial charge in [-0.05, 0) is 25.3 Å². The van der Waals surface area contributed by atoms with E-state index in [0.717, 1.165) is 25.6 Å². The van der Waals surface area contributed by atoms with E-state index < -0.39 is 0 Å². The Kier molecular flexibility index (Phi) is 8.09. The van der Waals surface area contributed by atoms with Gasteiger partial charge in [0.2, 0.25) is 0 Å². The molecule has 0 radical (unpaired) electrons. The summed E-state index contributed by atoms with van der Waals surface area (Å²) in [5.41, 5.74) is 5.56. The van der Waals surface area contributed by atoms with Crippen molar-refractivity contribution in [3.05, 3.63) is 0 Å². The zero-order valence-electron chi connectivity index (χ0n) is 9.75. The average Bonchev–Trinajstić information content (AvgIpc) is 2.03. The SMILES string of the molecule is CCCC(C)CN(CCC)CC(N)=S. The standard InChI is InChI=1S/C11H24N2S/c1-4-6-10(3)8-13(7-5-2)9-11(12)14/h10H,4-9H2,1-3H3,(H2,12,14). The first-order valence-electron chi connectivity index (χ1n) is 5.60. The van der Waals surface area contributed by atoms with Gasteiger partial charge in [-0.2, -0.15) is 0 Å². The molecule has 14 heavy (non-hydrogen) atoms. The van der Waals surface area contributed by atoms with Crippen LogP contribution < -0.4 is 5.73 Å². The Hall–Kier alpha value is -0.150. The van der Waals surface area contributed by atoms with Crippen LogP contribution in [0.1, 0.15) is 40.0 Å². The Balaban J connectivity index is 3.87. The molecule has 0 rings (SSSR count). The maximum atomic E-state index is 5.56. The highest BCUT2D eigenvalue weighted by atomic mass is 32.1. The summed E-state index contributed by atoms with van der Waals surface area (Å²) in [6.07, 6.45) is 3.72. The molecule has 0 spiro atoms. The number of hydrogen-bond acceptors (Lipinski definition) is 2. The Morgan fingerprint density at radius 2 is 2.00 bits per heavy atom. The van der Waals surface area contributed by atoms with Crippen LogP contribution in [0.3, 0.4) is 0 Å². The summed E-state index contributed by atoms with van der Waals surface area (Å²) < 4.78 is 0. The molecule has 0 aliphatic carbocycles. The van der Waals surface area contributed by atoms with Crippen LogP contribution in [0.15, 0.2) is 0 Å². The van der Waals surface area contributed by atoms with Gasteiger partial charge in [-0.1, -0.05) is 39.4 Å². The molecule has 0 aromatic carbocycles. The van der Waals surface area contributed by atoms with Gasteiger partial charge in [-0.25, -0.2) is 0 Å². The first kappa shape index (κ1) is 13.8. The molecule has 0 aliphatic heterocycles. The van der Waals surface area contributed by atoms with E-state index >= 15 is 0 Å². The highest BCUT2D eigenvalue weighted by molar-refractivity contribution is 7.80. The zero-order chi connectivity index (χ0) is 11.0. The molecule has 84 valence electrons. The predicted molar refractivity (Wildman–Crippen MR) is 67.6 cm³/mol. The minimum atomic E-state index is 0.613. The molecule has 0 saturated heterocycles. The van der Waals surface area contributed by atoms with Gasteiger partial charge in [0.25, 0.3) is 0 Å². The fraction of sp³-hybridized carbons (Fsp3) is 0.909. The molecule has 2 N–H and O–H groups in total. The second-order valence-corrected chi connectivity index (χ2v) is 4.62. The summed E-state index contributed by atoms with van der Waals surface area (Å²) in [5, 5.41) is 0. The quantitative estimate of drug-likeness (QED) is 0.632. The molecule has 0 saturated carbocycles. The summed E-state index contributed by atoms with van der Waals surface area (Å²) in [6, 6.07) is 0. The van der Waals surface area contributed by atoms with E-state index in [1.165, 1.54) is 19.3 Å². The number of thiocarbonyl (C=S) groups is 1. The first-order chi connectivity index (χ1) is 6.60. The van der Waals surface area contributed by atoms with Crippen LogP contribution in [-0.4, -0.2) is 29.5 Å². The molecular weight excluding hydrogens is 192 g/mol. The monoisotopic (exact) mass is 216 g/mol. The molecule has 3 heteroatoms. The van der Waals surface area contributed by atoms with E-state index in [0.29, 0.717) is 4.99 Å². The topological polar surface area (TPSA) is 29.3 Å². The summed E-state index contributed by atoms with van der Waals surface area (Å²) in [5.74, 6) is 0.751. The summed E-state index contributed by atoms with van der Waals surface area (Å²) in [6.45, 7) is 9.72. The molecule has 0 amide bonds. The maximum absolute atomic E-state index is 5.56. The summed E-state index contributed by atoms with van der Waals surface area (Å²) >= 11 is 4.94. The van der Waals surface area contributed by atoms with Crippen molar-refractivity contribution in [1.29, 1.82) is 0 Å². The zero-order valence-corrected chi connectivity index (χ0v) is 10.6. The van der Waals surface area contributed by atoms with E-state index in [1.54, 1.807) is 0 Å². The number of nitrogens with two attached hydrogens (primary N) is 1. The molecule has 0 bridgehead atoms. The molecule has 0 aliphatic rings. The third-order valence-electron chi connectivity index (χ3n) is 2.27. The minimum absolute atomic E-state index is 0.613. The van der Waals surface area contributed by atoms with Crippen LogP contribution in [0.25, 0.3) is 0 Å². The Morgan fingerprint density at radius 3 is 2.43 bits per heavy atom. The van der Waals surface area contributed by atoms with Crippen LogP contribution in [-0.2, 0) is 0 Å². The Bertz CT molecular complexity index is 159. The molecule has 0 fully saturated rings. The molecular formula is C11H24N2S. The third kappa shape index (κ3) is 7.27. The van der Waals surface area contributed by atoms with Crippen LogP contribution in [0, 0.1) is 5.92 Å². The van der Waals surface area contributed by atoms with Crippen molar-refractivity contribution < 1.29 is 0 Å². The van der Waals surface area contributed by atoms with Crippen molar-refractivity contribution in [2.45, 2.75) is 40.0 Å². The fourth-order valence-electron chi connectivity index (χ4n) is 1.80. The van der Waals surface area contributed by atoms with Gasteiger partial charge in [0.15, 0.2) is 0 Å². The molecule has 0 aromatic heterocycles.